The van der Waals surface area contributed by atoms with Gasteiger partial charge in [-0.3, -0.25) is 0 Å². The number of hydrogen-bond donors (Lipinski definition) is 2. The molecule has 20 heavy (non-hydrogen) atoms. The van der Waals surface area contributed by atoms with Gasteiger partial charge in [0, 0.05) is 11.4 Å². The third-order valence-corrected chi connectivity index (χ3v) is 3.86. The normalized spacial score (nSPS) is 17.9. The van der Waals surface area contributed by atoms with Gasteiger partial charge < -0.3 is 20.1 Å². The van der Waals surface area contributed by atoms with Crippen molar-refractivity contribution in [3.05, 3.63) is 24.3 Å². The maximum Gasteiger partial charge on any atom is 0.327 e. The zero-order valence-electron chi connectivity index (χ0n) is 11.0. The first-order chi connectivity index (χ1) is 9.61. The fourth-order valence-corrected chi connectivity index (χ4v) is 2.99. The van der Waals surface area contributed by atoms with Crippen LogP contribution in [-0.4, -0.2) is 46.3 Å². The van der Waals surface area contributed by atoms with Crippen LogP contribution in [0.1, 0.15) is 6.92 Å². The summed E-state index contributed by atoms with van der Waals surface area (Å²) in [6, 6.07) is 5.80. The van der Waals surface area contributed by atoms with Crippen LogP contribution in [0.15, 0.2) is 24.3 Å². The molecule has 0 aliphatic carbocycles. The van der Waals surface area contributed by atoms with Crippen molar-refractivity contribution in [2.45, 2.75) is 13.0 Å². The van der Waals surface area contributed by atoms with Crippen molar-refractivity contribution in [1.82, 2.24) is 4.90 Å². The second-order valence-electron chi connectivity index (χ2n) is 4.21. The molecular formula is C13H16N2O4S. The van der Waals surface area contributed by atoms with Crippen LogP contribution in [0.5, 0.6) is 5.75 Å². The Kier molecular flexibility index (Phi) is 4.73. The average molecular weight is 296 g/mol. The molecule has 1 unspecified atom stereocenters. The van der Waals surface area contributed by atoms with Gasteiger partial charge in [-0.05, 0) is 31.2 Å². The highest BCUT2D eigenvalue weighted by Crippen LogP contribution is 2.23. The molecule has 0 bridgehead atoms. The fourth-order valence-electron chi connectivity index (χ4n) is 1.84. The van der Waals surface area contributed by atoms with Crippen molar-refractivity contribution in [2.24, 2.45) is 0 Å². The van der Waals surface area contributed by atoms with Gasteiger partial charge in [0.25, 0.3) is 0 Å². The third kappa shape index (κ3) is 3.36. The highest BCUT2D eigenvalue weighted by molar-refractivity contribution is 7.99. The van der Waals surface area contributed by atoms with Crippen molar-refractivity contribution in [1.29, 1.82) is 0 Å². The molecule has 1 aliphatic heterocycles. The lowest BCUT2D eigenvalue weighted by atomic mass is 10.3. The summed E-state index contributed by atoms with van der Waals surface area (Å²) >= 11 is 1.43. The topological polar surface area (TPSA) is 78.9 Å². The first kappa shape index (κ1) is 14.5. The number of nitrogens with zero attached hydrogens (tertiary/aromatic N) is 1. The summed E-state index contributed by atoms with van der Waals surface area (Å²) in [6.07, 6.45) is 0. The Balaban J connectivity index is 1.98. The molecule has 1 aliphatic rings. The molecule has 1 saturated heterocycles. The van der Waals surface area contributed by atoms with E-state index in [4.69, 9.17) is 9.84 Å². The Morgan fingerprint density at radius 2 is 2.15 bits per heavy atom. The van der Waals surface area contributed by atoms with E-state index in [2.05, 4.69) is 5.32 Å². The minimum atomic E-state index is -0.975. The van der Waals surface area contributed by atoms with E-state index in [-0.39, 0.29) is 0 Å². The van der Waals surface area contributed by atoms with E-state index in [1.807, 2.05) is 6.92 Å². The number of urea groups is 1. The van der Waals surface area contributed by atoms with Crippen LogP contribution in [0, 0.1) is 0 Å². The number of rotatable bonds is 4. The van der Waals surface area contributed by atoms with Crippen LogP contribution < -0.4 is 10.1 Å². The fraction of sp³-hybridized carbons (Fsp3) is 0.385. The minimum Gasteiger partial charge on any atom is -0.494 e. The molecule has 108 valence electrons. The molecular weight excluding hydrogens is 280 g/mol. The number of carbonyl (C=O) groups is 2. The first-order valence-electron chi connectivity index (χ1n) is 6.23. The Morgan fingerprint density at radius 3 is 2.75 bits per heavy atom. The van der Waals surface area contributed by atoms with E-state index in [0.29, 0.717) is 23.9 Å². The minimum absolute atomic E-state index is 0.389. The SMILES string of the molecule is CCOc1ccc(NC(=O)N2CSCC2C(=O)O)cc1. The van der Waals surface area contributed by atoms with Gasteiger partial charge in [-0.1, -0.05) is 0 Å². The number of anilines is 1. The summed E-state index contributed by atoms with van der Waals surface area (Å²) in [4.78, 5) is 24.4. The van der Waals surface area contributed by atoms with Crippen LogP contribution in [0.2, 0.25) is 0 Å². The number of thioether (sulfide) groups is 1. The van der Waals surface area contributed by atoms with Crippen LogP contribution in [-0.2, 0) is 4.79 Å². The molecule has 7 heteroatoms. The predicted molar refractivity (Wildman–Crippen MR) is 77.2 cm³/mol. The summed E-state index contributed by atoms with van der Waals surface area (Å²) in [5.74, 6) is 0.564. The van der Waals surface area contributed by atoms with Crippen LogP contribution in [0.3, 0.4) is 0 Å². The van der Waals surface area contributed by atoms with Crippen molar-refractivity contribution in [2.75, 3.05) is 23.6 Å². The number of aliphatic carboxylic acids is 1. The molecule has 0 saturated carbocycles. The molecule has 1 atom stereocenters. The van der Waals surface area contributed by atoms with E-state index >= 15 is 0 Å². The Bertz CT molecular complexity index is 492. The quantitative estimate of drug-likeness (QED) is 0.889. The van der Waals surface area contributed by atoms with Crippen molar-refractivity contribution in [3.63, 3.8) is 0 Å². The predicted octanol–water partition coefficient (Wildman–Crippen LogP) is 2.08. The van der Waals surface area contributed by atoms with Gasteiger partial charge in [0.15, 0.2) is 0 Å². The summed E-state index contributed by atoms with van der Waals surface area (Å²) in [6.45, 7) is 2.48. The molecule has 6 nitrogen and oxygen atoms in total. The van der Waals surface area contributed by atoms with Crippen LogP contribution in [0.4, 0.5) is 10.5 Å². The molecule has 1 aromatic carbocycles. The van der Waals surface area contributed by atoms with Gasteiger partial charge in [-0.25, -0.2) is 9.59 Å². The van der Waals surface area contributed by atoms with E-state index in [1.54, 1.807) is 24.3 Å². The Labute approximate surface area is 121 Å². The highest BCUT2D eigenvalue weighted by Gasteiger charge is 2.34. The summed E-state index contributed by atoms with van der Waals surface area (Å²) in [5.41, 5.74) is 0.611. The number of nitrogens with one attached hydrogen (secondary N) is 1. The molecule has 1 heterocycles. The maximum absolute atomic E-state index is 12.0. The molecule has 2 amide bonds. The van der Waals surface area contributed by atoms with Gasteiger partial charge in [-0.15, -0.1) is 11.8 Å². The number of carboxylic acids is 1. The van der Waals surface area contributed by atoms with E-state index in [9.17, 15) is 9.59 Å². The largest absolute Gasteiger partial charge is 0.494 e. The summed E-state index contributed by atoms with van der Waals surface area (Å²) in [7, 11) is 0. The lowest BCUT2D eigenvalue weighted by Gasteiger charge is -2.20. The molecule has 2 N–H and O–H groups in total. The number of hydrogen-bond acceptors (Lipinski definition) is 4. The lowest BCUT2D eigenvalue weighted by molar-refractivity contribution is -0.140. The molecule has 1 fully saturated rings. The standard InChI is InChI=1S/C13H16N2O4S/c1-2-19-10-5-3-9(4-6-10)14-13(18)15-8-20-7-11(15)12(16)17/h3-6,11H,2,7-8H2,1H3,(H,14,18)(H,16,17). The van der Waals surface area contributed by atoms with Gasteiger partial charge in [-0.2, -0.15) is 0 Å². The Hall–Kier alpha value is -1.89. The zero-order valence-corrected chi connectivity index (χ0v) is 11.9. The Morgan fingerprint density at radius 1 is 1.45 bits per heavy atom. The number of amides is 2. The molecule has 0 spiro atoms. The van der Waals surface area contributed by atoms with Crippen molar-refractivity contribution < 1.29 is 19.4 Å². The van der Waals surface area contributed by atoms with Crippen molar-refractivity contribution >= 4 is 29.4 Å². The van der Waals surface area contributed by atoms with E-state index < -0.39 is 18.0 Å². The second kappa shape index (κ2) is 6.51. The van der Waals surface area contributed by atoms with Crippen molar-refractivity contribution in [3.8, 4) is 5.75 Å². The third-order valence-electron chi connectivity index (χ3n) is 2.84. The van der Waals surface area contributed by atoms with Crippen LogP contribution >= 0.6 is 11.8 Å². The molecule has 0 aromatic heterocycles. The number of carboxylic acid groups (broad SMARTS) is 1. The van der Waals surface area contributed by atoms with E-state index in [1.165, 1.54) is 16.7 Å². The number of carbonyl (C=O) groups excluding carboxylic acids is 1. The molecule has 1 aromatic rings. The number of benzene rings is 1. The van der Waals surface area contributed by atoms with Crippen LogP contribution in [0.25, 0.3) is 0 Å². The monoisotopic (exact) mass is 296 g/mol. The molecule has 2 rings (SSSR count). The highest BCUT2D eigenvalue weighted by atomic mass is 32.2. The zero-order chi connectivity index (χ0) is 14.5. The number of ether oxygens (including phenoxy) is 1. The van der Waals surface area contributed by atoms with Gasteiger partial charge in [0.05, 0.1) is 12.5 Å². The second-order valence-corrected chi connectivity index (χ2v) is 5.21. The lowest BCUT2D eigenvalue weighted by Crippen LogP contribution is -2.43. The van der Waals surface area contributed by atoms with Gasteiger partial charge in [0.2, 0.25) is 0 Å². The maximum atomic E-state index is 12.0. The summed E-state index contributed by atoms with van der Waals surface area (Å²) < 4.78 is 5.31. The first-order valence-corrected chi connectivity index (χ1v) is 7.38. The molecule has 0 radical (unpaired) electrons. The van der Waals surface area contributed by atoms with Gasteiger partial charge >= 0.3 is 12.0 Å². The van der Waals surface area contributed by atoms with E-state index in [0.717, 1.165) is 5.75 Å². The van der Waals surface area contributed by atoms with Gasteiger partial charge in [0.1, 0.15) is 11.8 Å². The summed E-state index contributed by atoms with van der Waals surface area (Å²) in [5, 5.41) is 11.7. The average Bonchev–Trinajstić information content (AvgIpc) is 2.91. The smallest absolute Gasteiger partial charge is 0.327 e.